The van der Waals surface area contributed by atoms with Crippen molar-refractivity contribution >= 4 is 21.6 Å². The molecule has 2 heterocycles. The second-order valence-electron chi connectivity index (χ2n) is 7.56. The number of benzene rings is 2. The first-order chi connectivity index (χ1) is 13.5. The Morgan fingerprint density at radius 2 is 1.32 bits per heavy atom. The van der Waals surface area contributed by atoms with E-state index in [0.717, 1.165) is 30.6 Å². The van der Waals surface area contributed by atoms with Gasteiger partial charge in [0.25, 0.3) is 0 Å². The number of aromatic nitrogens is 2. The Morgan fingerprint density at radius 3 is 1.93 bits per heavy atom. The highest BCUT2D eigenvalue weighted by atomic mass is 32.1. The molecular formula is C25H26N2S. The summed E-state index contributed by atoms with van der Waals surface area (Å²) in [5.41, 5.74) is 8.87. The minimum Gasteiger partial charge on any atom is -0.236 e. The molecule has 0 amide bonds. The van der Waals surface area contributed by atoms with Gasteiger partial charge in [-0.2, -0.15) is 0 Å². The number of rotatable bonds is 5. The molecule has 3 heteroatoms. The quantitative estimate of drug-likeness (QED) is 0.399. The van der Waals surface area contributed by atoms with E-state index in [0.29, 0.717) is 0 Å². The van der Waals surface area contributed by atoms with Crippen LogP contribution in [0.5, 0.6) is 0 Å². The van der Waals surface area contributed by atoms with Crippen LogP contribution in [-0.4, -0.2) is 9.97 Å². The lowest BCUT2D eigenvalue weighted by Gasteiger charge is -2.07. The zero-order chi connectivity index (χ0) is 19.7. The summed E-state index contributed by atoms with van der Waals surface area (Å²) in [4.78, 5) is 11.1. The van der Waals surface area contributed by atoms with Gasteiger partial charge in [0.05, 0.1) is 15.9 Å². The Balaban J connectivity index is 1.55. The van der Waals surface area contributed by atoms with Gasteiger partial charge in [-0.3, -0.25) is 0 Å². The molecule has 0 aliphatic carbocycles. The second-order valence-corrected chi connectivity index (χ2v) is 8.78. The predicted molar refractivity (Wildman–Crippen MR) is 120 cm³/mol. The summed E-state index contributed by atoms with van der Waals surface area (Å²) in [5, 5.41) is 0. The molecule has 0 aliphatic heterocycles. The molecule has 0 unspecified atom stereocenters. The molecule has 142 valence electrons. The minimum absolute atomic E-state index is 0.780. The highest BCUT2D eigenvalue weighted by Gasteiger charge is 2.13. The monoisotopic (exact) mass is 386 g/mol. The van der Waals surface area contributed by atoms with Crippen molar-refractivity contribution in [1.82, 2.24) is 9.97 Å². The molecule has 0 radical (unpaired) electrons. The van der Waals surface area contributed by atoms with Crippen LogP contribution in [0, 0.1) is 20.8 Å². The van der Waals surface area contributed by atoms with Gasteiger partial charge in [-0.1, -0.05) is 61.0 Å². The van der Waals surface area contributed by atoms with Crippen LogP contribution in [-0.2, 0) is 19.3 Å². The Hall–Kier alpha value is -2.52. The maximum atomic E-state index is 4.90. The summed E-state index contributed by atoms with van der Waals surface area (Å²) in [6, 6.07) is 17.7. The lowest BCUT2D eigenvalue weighted by Crippen LogP contribution is -2.01. The zero-order valence-electron chi connectivity index (χ0n) is 17.0. The highest BCUT2D eigenvalue weighted by molar-refractivity contribution is 7.19. The van der Waals surface area contributed by atoms with Gasteiger partial charge in [0, 0.05) is 11.3 Å². The highest BCUT2D eigenvalue weighted by Crippen LogP contribution is 2.31. The van der Waals surface area contributed by atoms with E-state index >= 15 is 0 Å². The zero-order valence-corrected chi connectivity index (χ0v) is 17.9. The number of aryl methyl sites for hydroxylation is 4. The van der Waals surface area contributed by atoms with Crippen molar-refractivity contribution in [3.05, 3.63) is 92.7 Å². The SMILES string of the molecule is CCc1nc(Cc2ccc(Cc3ccc(C)cc3)cc2)nc2c(C)c(C)sc12. The molecule has 0 bridgehead atoms. The van der Waals surface area contributed by atoms with Crippen LogP contribution < -0.4 is 0 Å². The molecule has 4 rings (SSSR count). The molecule has 0 spiro atoms. The Bertz CT molecular complexity index is 1110. The lowest BCUT2D eigenvalue weighted by molar-refractivity contribution is 0.933. The predicted octanol–water partition coefficient (Wildman–Crippen LogP) is 6.36. The molecule has 0 fully saturated rings. The molecule has 0 atom stereocenters. The van der Waals surface area contributed by atoms with Gasteiger partial charge in [0.2, 0.25) is 0 Å². The molecular weight excluding hydrogens is 360 g/mol. The third-order valence-electron chi connectivity index (χ3n) is 5.37. The number of thiophene rings is 1. The first kappa shape index (κ1) is 18.8. The average Bonchev–Trinajstić information content (AvgIpc) is 2.99. The van der Waals surface area contributed by atoms with E-state index in [2.05, 4.69) is 76.2 Å². The summed E-state index contributed by atoms with van der Waals surface area (Å²) < 4.78 is 1.26. The first-order valence-electron chi connectivity index (χ1n) is 9.92. The first-order valence-corrected chi connectivity index (χ1v) is 10.7. The smallest absolute Gasteiger partial charge is 0.133 e. The molecule has 28 heavy (non-hydrogen) atoms. The van der Waals surface area contributed by atoms with Crippen LogP contribution >= 0.6 is 11.3 Å². The van der Waals surface area contributed by atoms with Gasteiger partial charge in [0.1, 0.15) is 5.82 Å². The van der Waals surface area contributed by atoms with Crippen molar-refractivity contribution in [2.75, 3.05) is 0 Å². The van der Waals surface area contributed by atoms with Crippen molar-refractivity contribution in [3.8, 4) is 0 Å². The standard InChI is InChI=1S/C25H26N2S/c1-5-22-25-24(17(3)18(4)28-25)27-23(26-22)15-21-12-10-20(11-13-21)14-19-8-6-16(2)7-9-19/h6-13H,5,14-15H2,1-4H3. The van der Waals surface area contributed by atoms with Gasteiger partial charge in [-0.05, 0) is 55.9 Å². The summed E-state index contributed by atoms with van der Waals surface area (Å²) in [7, 11) is 0. The molecule has 2 nitrogen and oxygen atoms in total. The number of fused-ring (bicyclic) bond motifs is 1. The fourth-order valence-electron chi connectivity index (χ4n) is 3.52. The fourth-order valence-corrected chi connectivity index (χ4v) is 4.68. The van der Waals surface area contributed by atoms with E-state index in [1.54, 1.807) is 0 Å². The van der Waals surface area contributed by atoms with Gasteiger partial charge < -0.3 is 0 Å². The molecule has 2 aromatic carbocycles. The Morgan fingerprint density at radius 1 is 0.750 bits per heavy atom. The number of nitrogens with zero attached hydrogens (tertiary/aromatic N) is 2. The van der Waals surface area contributed by atoms with Crippen molar-refractivity contribution in [2.24, 2.45) is 0 Å². The normalized spacial score (nSPS) is 11.3. The topological polar surface area (TPSA) is 25.8 Å². The second kappa shape index (κ2) is 7.84. The van der Waals surface area contributed by atoms with E-state index in [4.69, 9.17) is 9.97 Å². The van der Waals surface area contributed by atoms with E-state index < -0.39 is 0 Å². The van der Waals surface area contributed by atoms with Gasteiger partial charge in [-0.15, -0.1) is 11.3 Å². The minimum atomic E-state index is 0.780. The molecule has 0 aliphatic rings. The largest absolute Gasteiger partial charge is 0.236 e. The third-order valence-corrected chi connectivity index (χ3v) is 6.61. The van der Waals surface area contributed by atoms with Gasteiger partial charge in [0.15, 0.2) is 0 Å². The number of hydrogen-bond donors (Lipinski definition) is 0. The fraction of sp³-hybridized carbons (Fsp3) is 0.280. The van der Waals surface area contributed by atoms with Crippen LogP contribution in [0.2, 0.25) is 0 Å². The van der Waals surface area contributed by atoms with Crippen molar-refractivity contribution in [1.29, 1.82) is 0 Å². The molecule has 0 saturated carbocycles. The van der Waals surface area contributed by atoms with Crippen molar-refractivity contribution < 1.29 is 0 Å². The average molecular weight is 387 g/mol. The van der Waals surface area contributed by atoms with Crippen molar-refractivity contribution in [2.45, 2.75) is 47.0 Å². The van der Waals surface area contributed by atoms with E-state index in [1.165, 1.54) is 43.1 Å². The number of hydrogen-bond acceptors (Lipinski definition) is 3. The van der Waals surface area contributed by atoms with E-state index in [-0.39, 0.29) is 0 Å². The van der Waals surface area contributed by atoms with E-state index in [1.807, 2.05) is 11.3 Å². The maximum Gasteiger partial charge on any atom is 0.133 e. The van der Waals surface area contributed by atoms with Crippen LogP contribution in [0.3, 0.4) is 0 Å². The molecule has 2 aromatic heterocycles. The summed E-state index contributed by atoms with van der Waals surface area (Å²) in [6.45, 7) is 8.65. The van der Waals surface area contributed by atoms with Crippen LogP contribution in [0.25, 0.3) is 10.2 Å². The lowest BCUT2D eigenvalue weighted by atomic mass is 10.0. The van der Waals surface area contributed by atoms with Crippen LogP contribution in [0.15, 0.2) is 48.5 Å². The summed E-state index contributed by atoms with van der Waals surface area (Å²) in [5.74, 6) is 0.927. The van der Waals surface area contributed by atoms with E-state index in [9.17, 15) is 0 Å². The Kier molecular flexibility index (Phi) is 5.27. The summed E-state index contributed by atoms with van der Waals surface area (Å²) in [6.07, 6.45) is 2.69. The van der Waals surface area contributed by atoms with Crippen LogP contribution in [0.4, 0.5) is 0 Å². The van der Waals surface area contributed by atoms with Crippen molar-refractivity contribution in [3.63, 3.8) is 0 Å². The molecule has 0 N–H and O–H groups in total. The third kappa shape index (κ3) is 3.85. The molecule has 0 saturated heterocycles. The summed E-state index contributed by atoms with van der Waals surface area (Å²) >= 11 is 1.82. The van der Waals surface area contributed by atoms with Crippen LogP contribution in [0.1, 0.15) is 51.1 Å². The van der Waals surface area contributed by atoms with Gasteiger partial charge in [-0.25, -0.2) is 9.97 Å². The Labute approximate surface area is 171 Å². The molecule has 4 aromatic rings. The maximum absolute atomic E-state index is 4.90. The van der Waals surface area contributed by atoms with Gasteiger partial charge >= 0.3 is 0 Å².